The van der Waals surface area contributed by atoms with Crippen molar-refractivity contribution in [2.24, 2.45) is 0 Å². The van der Waals surface area contributed by atoms with Gasteiger partial charge in [0.05, 0.1) is 14.2 Å². The summed E-state index contributed by atoms with van der Waals surface area (Å²) in [4.78, 5) is 26.2. The fraction of sp³-hybridized carbons (Fsp3) is 0.391. The minimum absolute atomic E-state index is 0.0979. The first-order chi connectivity index (χ1) is 14.1. The maximum atomic E-state index is 12.7. The smallest absolute Gasteiger partial charge is 0.412 e. The minimum Gasteiger partial charge on any atom is -0.493 e. The number of hydrogen-bond donors (Lipinski definition) is 1. The highest BCUT2D eigenvalue weighted by atomic mass is 16.6. The van der Waals surface area contributed by atoms with Crippen molar-refractivity contribution in [3.05, 3.63) is 53.6 Å². The molecular formula is C23H30N2O5. The molecule has 0 radical (unpaired) electrons. The lowest BCUT2D eigenvalue weighted by Crippen LogP contribution is -2.29. The van der Waals surface area contributed by atoms with Gasteiger partial charge in [-0.2, -0.15) is 0 Å². The number of anilines is 1. The summed E-state index contributed by atoms with van der Waals surface area (Å²) in [5.74, 6) is 1.24. The van der Waals surface area contributed by atoms with E-state index in [0.717, 1.165) is 5.56 Å². The number of carbonyl (C=O) groups is 2. The molecule has 0 spiro atoms. The Kier molecular flexibility index (Phi) is 7.69. The molecule has 0 aliphatic rings. The predicted octanol–water partition coefficient (Wildman–Crippen LogP) is 4.37. The topological polar surface area (TPSA) is 77.1 Å². The highest BCUT2D eigenvalue weighted by Crippen LogP contribution is 2.27. The predicted molar refractivity (Wildman–Crippen MR) is 117 cm³/mol. The lowest BCUT2D eigenvalue weighted by Gasteiger charge is -2.20. The van der Waals surface area contributed by atoms with Crippen LogP contribution in [0.25, 0.3) is 0 Å². The third-order valence-electron chi connectivity index (χ3n) is 4.31. The zero-order chi connectivity index (χ0) is 22.3. The summed E-state index contributed by atoms with van der Waals surface area (Å²) < 4.78 is 15.8. The monoisotopic (exact) mass is 414 g/mol. The standard InChI is InChI=1S/C23H30N2O5/c1-23(2,3)30-22(27)24-18-10-8-17(9-11-18)21(26)25(4)14-13-16-7-12-19(28-5)20(15-16)29-6/h7-12,15H,13-14H2,1-6H3,(H,24,27). The summed E-state index contributed by atoms with van der Waals surface area (Å²) in [6, 6.07) is 12.4. The van der Waals surface area contributed by atoms with Crippen molar-refractivity contribution >= 4 is 17.7 Å². The molecule has 2 aromatic rings. The molecule has 0 bridgehead atoms. The van der Waals surface area contributed by atoms with Gasteiger partial charge in [0.1, 0.15) is 5.60 Å². The van der Waals surface area contributed by atoms with Crippen molar-refractivity contribution in [2.75, 3.05) is 33.1 Å². The summed E-state index contributed by atoms with van der Waals surface area (Å²) in [6.07, 6.45) is 0.148. The Bertz CT molecular complexity index is 872. The Morgan fingerprint density at radius 2 is 1.60 bits per heavy atom. The Hall–Kier alpha value is -3.22. The van der Waals surface area contributed by atoms with Crippen molar-refractivity contribution in [3.63, 3.8) is 0 Å². The van der Waals surface area contributed by atoms with E-state index in [-0.39, 0.29) is 5.91 Å². The van der Waals surface area contributed by atoms with Crippen molar-refractivity contribution in [1.29, 1.82) is 0 Å². The molecule has 0 aromatic heterocycles. The normalized spacial score (nSPS) is 10.9. The lowest BCUT2D eigenvalue weighted by molar-refractivity contribution is 0.0635. The Morgan fingerprint density at radius 3 is 2.17 bits per heavy atom. The van der Waals surface area contributed by atoms with Crippen LogP contribution in [-0.2, 0) is 11.2 Å². The third kappa shape index (κ3) is 6.69. The van der Waals surface area contributed by atoms with Crippen molar-refractivity contribution < 1.29 is 23.8 Å². The lowest BCUT2D eigenvalue weighted by atomic mass is 10.1. The van der Waals surface area contributed by atoms with Gasteiger partial charge in [0.2, 0.25) is 0 Å². The van der Waals surface area contributed by atoms with Gasteiger partial charge in [-0.1, -0.05) is 6.07 Å². The van der Waals surface area contributed by atoms with E-state index in [4.69, 9.17) is 14.2 Å². The first-order valence-corrected chi connectivity index (χ1v) is 9.69. The molecule has 0 unspecified atom stereocenters. The molecule has 7 nitrogen and oxygen atoms in total. The average Bonchev–Trinajstić information content (AvgIpc) is 2.70. The van der Waals surface area contributed by atoms with Crippen LogP contribution in [-0.4, -0.2) is 50.3 Å². The number of hydrogen-bond acceptors (Lipinski definition) is 5. The van der Waals surface area contributed by atoms with Crippen LogP contribution in [0.15, 0.2) is 42.5 Å². The van der Waals surface area contributed by atoms with Gasteiger partial charge in [-0.25, -0.2) is 4.79 Å². The second-order valence-electron chi connectivity index (χ2n) is 7.87. The molecule has 162 valence electrons. The maximum Gasteiger partial charge on any atom is 0.412 e. The number of nitrogens with one attached hydrogen (secondary N) is 1. The van der Waals surface area contributed by atoms with Crippen molar-refractivity contribution in [3.8, 4) is 11.5 Å². The van der Waals surface area contributed by atoms with Crippen LogP contribution in [0.4, 0.5) is 10.5 Å². The molecule has 0 saturated carbocycles. The molecule has 2 amide bonds. The van der Waals surface area contributed by atoms with E-state index < -0.39 is 11.7 Å². The second-order valence-corrected chi connectivity index (χ2v) is 7.87. The van der Waals surface area contributed by atoms with Crippen LogP contribution in [0.5, 0.6) is 11.5 Å². The zero-order valence-corrected chi connectivity index (χ0v) is 18.4. The molecule has 0 fully saturated rings. The van der Waals surface area contributed by atoms with Crippen molar-refractivity contribution in [1.82, 2.24) is 4.90 Å². The molecule has 7 heteroatoms. The van der Waals surface area contributed by atoms with Crippen molar-refractivity contribution in [2.45, 2.75) is 32.8 Å². The van der Waals surface area contributed by atoms with E-state index in [1.54, 1.807) is 71.2 Å². The number of likely N-dealkylation sites (N-methyl/N-ethyl adjacent to an activating group) is 1. The minimum atomic E-state index is -0.573. The number of rotatable bonds is 7. The van der Waals surface area contributed by atoms with E-state index in [0.29, 0.717) is 35.7 Å². The molecule has 30 heavy (non-hydrogen) atoms. The van der Waals surface area contributed by atoms with Crippen LogP contribution in [0.1, 0.15) is 36.7 Å². The van der Waals surface area contributed by atoms with Gasteiger partial charge in [0.25, 0.3) is 5.91 Å². The van der Waals surface area contributed by atoms with E-state index in [9.17, 15) is 9.59 Å². The SMILES string of the molecule is COc1ccc(CCN(C)C(=O)c2ccc(NC(=O)OC(C)(C)C)cc2)cc1OC. The summed E-state index contributed by atoms with van der Waals surface area (Å²) in [5.41, 5.74) is 1.58. The van der Waals surface area contributed by atoms with Gasteiger partial charge in [-0.3, -0.25) is 10.1 Å². The van der Waals surface area contributed by atoms with E-state index >= 15 is 0 Å². The Labute approximate surface area is 177 Å². The van der Waals surface area contributed by atoms with E-state index in [1.165, 1.54) is 0 Å². The summed E-state index contributed by atoms with van der Waals surface area (Å²) in [5, 5.41) is 2.65. The molecule has 0 aliphatic carbocycles. The number of benzene rings is 2. The summed E-state index contributed by atoms with van der Waals surface area (Å²) in [7, 11) is 4.95. The summed E-state index contributed by atoms with van der Waals surface area (Å²) in [6.45, 7) is 5.94. The van der Waals surface area contributed by atoms with Gasteiger partial charge >= 0.3 is 6.09 Å². The first kappa shape index (κ1) is 23.1. The van der Waals surface area contributed by atoms with Gasteiger partial charge in [-0.05, 0) is 69.2 Å². The number of ether oxygens (including phenoxy) is 3. The molecule has 0 aliphatic heterocycles. The highest BCUT2D eigenvalue weighted by molar-refractivity contribution is 5.95. The zero-order valence-electron chi connectivity index (χ0n) is 18.4. The quantitative estimate of drug-likeness (QED) is 0.728. The molecule has 1 N–H and O–H groups in total. The number of amides is 2. The van der Waals surface area contributed by atoms with Gasteiger partial charge in [-0.15, -0.1) is 0 Å². The van der Waals surface area contributed by atoms with E-state index in [2.05, 4.69) is 5.32 Å². The number of nitrogens with zero attached hydrogens (tertiary/aromatic N) is 1. The van der Waals surface area contributed by atoms with E-state index in [1.807, 2.05) is 18.2 Å². The second kappa shape index (κ2) is 10.0. The molecule has 2 rings (SSSR count). The van der Waals surface area contributed by atoms with Gasteiger partial charge in [0.15, 0.2) is 11.5 Å². The van der Waals surface area contributed by atoms with Crippen LogP contribution < -0.4 is 14.8 Å². The first-order valence-electron chi connectivity index (χ1n) is 9.69. The molecule has 2 aromatic carbocycles. The highest BCUT2D eigenvalue weighted by Gasteiger charge is 2.17. The molecular weight excluding hydrogens is 384 g/mol. The number of carbonyl (C=O) groups excluding carboxylic acids is 2. The fourth-order valence-electron chi connectivity index (χ4n) is 2.77. The molecule has 0 saturated heterocycles. The summed E-state index contributed by atoms with van der Waals surface area (Å²) >= 11 is 0. The molecule has 0 atom stereocenters. The third-order valence-corrected chi connectivity index (χ3v) is 4.31. The largest absolute Gasteiger partial charge is 0.493 e. The fourth-order valence-corrected chi connectivity index (χ4v) is 2.77. The molecule has 0 heterocycles. The Balaban J connectivity index is 1.93. The Morgan fingerprint density at radius 1 is 0.967 bits per heavy atom. The van der Waals surface area contributed by atoms with Crippen LogP contribution >= 0.6 is 0 Å². The van der Waals surface area contributed by atoms with Gasteiger partial charge < -0.3 is 19.1 Å². The van der Waals surface area contributed by atoms with Gasteiger partial charge in [0, 0.05) is 24.8 Å². The average molecular weight is 415 g/mol. The van der Waals surface area contributed by atoms with Crippen LogP contribution in [0.3, 0.4) is 0 Å². The van der Waals surface area contributed by atoms with Crippen LogP contribution in [0, 0.1) is 0 Å². The number of methoxy groups -OCH3 is 2. The maximum absolute atomic E-state index is 12.7. The van der Waals surface area contributed by atoms with Crippen LogP contribution in [0.2, 0.25) is 0 Å².